The van der Waals surface area contributed by atoms with Gasteiger partial charge in [0, 0.05) is 11.8 Å². The van der Waals surface area contributed by atoms with Crippen molar-refractivity contribution in [2.45, 2.75) is 40.0 Å². The maximum absolute atomic E-state index is 11.6. The van der Waals surface area contributed by atoms with Crippen molar-refractivity contribution in [1.82, 2.24) is 0 Å². The number of ketones is 1. The molecule has 2 bridgehead atoms. The lowest BCUT2D eigenvalue weighted by Gasteiger charge is -2.32. The molecule has 2 fully saturated rings. The summed E-state index contributed by atoms with van der Waals surface area (Å²) in [4.78, 5) is 11.6. The predicted molar refractivity (Wildman–Crippen MR) is 55.5 cm³/mol. The van der Waals surface area contributed by atoms with Crippen LogP contribution in [0, 0.1) is 16.7 Å². The van der Waals surface area contributed by atoms with Gasteiger partial charge in [0.25, 0.3) is 0 Å². The Labute approximate surface area is 81.2 Å². The van der Waals surface area contributed by atoms with Crippen LogP contribution in [0.1, 0.15) is 40.0 Å². The van der Waals surface area contributed by atoms with Crippen LogP contribution >= 0.6 is 0 Å². The second-order valence-electron chi connectivity index (χ2n) is 4.92. The number of carbonyl (C=O) groups excluding carboxylic acids is 1. The van der Waals surface area contributed by atoms with Crippen LogP contribution in [0.4, 0.5) is 0 Å². The molecule has 2 aliphatic rings. The van der Waals surface area contributed by atoms with Gasteiger partial charge in [0.05, 0.1) is 0 Å². The fraction of sp³-hybridized carbons (Fsp3) is 0.750. The summed E-state index contributed by atoms with van der Waals surface area (Å²) in [5.41, 5.74) is 0.307. The molecule has 0 aliphatic heterocycles. The summed E-state index contributed by atoms with van der Waals surface area (Å²) in [6.07, 6.45) is 3.25. The highest BCUT2D eigenvalue weighted by Crippen LogP contribution is 2.63. The lowest BCUT2D eigenvalue weighted by atomic mass is 9.70. The second kappa shape index (κ2) is 2.97. The maximum atomic E-state index is 11.6. The molecule has 2 saturated carbocycles. The zero-order chi connectivity index (χ0) is 10.3. The summed E-state index contributed by atoms with van der Waals surface area (Å²) in [7, 11) is 0. The Morgan fingerprint density at radius 3 is 2.00 bits per heavy atom. The van der Waals surface area contributed by atoms with Gasteiger partial charge < -0.3 is 0 Å². The van der Waals surface area contributed by atoms with Crippen molar-refractivity contribution in [2.75, 3.05) is 0 Å². The van der Waals surface area contributed by atoms with Crippen LogP contribution in [-0.4, -0.2) is 5.78 Å². The van der Waals surface area contributed by atoms with Crippen LogP contribution in [0.25, 0.3) is 0 Å². The fourth-order valence-corrected chi connectivity index (χ4v) is 2.90. The van der Waals surface area contributed by atoms with Gasteiger partial charge in [-0.2, -0.15) is 0 Å². The number of fused-ring (bicyclic) bond motifs is 2. The van der Waals surface area contributed by atoms with Crippen LogP contribution in [0.5, 0.6) is 0 Å². The Morgan fingerprint density at radius 1 is 1.31 bits per heavy atom. The third-order valence-corrected chi connectivity index (χ3v) is 4.48. The first-order valence-corrected chi connectivity index (χ1v) is 5.02. The van der Waals surface area contributed by atoms with Crippen molar-refractivity contribution in [3.8, 4) is 0 Å². The minimum Gasteiger partial charge on any atom is -0.299 e. The summed E-state index contributed by atoms with van der Waals surface area (Å²) >= 11 is 0. The van der Waals surface area contributed by atoms with Gasteiger partial charge in [-0.1, -0.05) is 20.8 Å². The van der Waals surface area contributed by atoms with Gasteiger partial charge >= 0.3 is 0 Å². The summed E-state index contributed by atoms with van der Waals surface area (Å²) in [5, 5.41) is 0. The highest BCUT2D eigenvalue weighted by Gasteiger charge is 2.61. The quantitative estimate of drug-likeness (QED) is 0.523. The van der Waals surface area contributed by atoms with Crippen molar-refractivity contribution >= 4 is 5.78 Å². The molecule has 1 heteroatoms. The molecule has 0 heterocycles. The van der Waals surface area contributed by atoms with Gasteiger partial charge in [-0.3, -0.25) is 4.79 Å². The molecule has 0 radical (unpaired) electrons. The van der Waals surface area contributed by atoms with E-state index in [1.165, 1.54) is 6.42 Å². The fourth-order valence-electron chi connectivity index (χ4n) is 2.90. The topological polar surface area (TPSA) is 17.1 Å². The van der Waals surface area contributed by atoms with E-state index in [0.717, 1.165) is 12.8 Å². The van der Waals surface area contributed by atoms with Gasteiger partial charge in [0.2, 0.25) is 0 Å². The molecule has 0 aromatic heterocycles. The summed E-state index contributed by atoms with van der Waals surface area (Å²) < 4.78 is 0. The van der Waals surface area contributed by atoms with Crippen LogP contribution < -0.4 is 0 Å². The molecule has 74 valence electrons. The van der Waals surface area contributed by atoms with E-state index in [0.29, 0.717) is 11.7 Å². The van der Waals surface area contributed by atoms with Crippen LogP contribution in [0.15, 0.2) is 13.2 Å². The van der Waals surface area contributed by atoms with E-state index in [4.69, 9.17) is 0 Å². The minimum absolute atomic E-state index is 0.0255. The van der Waals surface area contributed by atoms with E-state index in [1.54, 1.807) is 0 Å². The molecule has 0 saturated heterocycles. The van der Waals surface area contributed by atoms with Crippen LogP contribution in [-0.2, 0) is 4.79 Å². The van der Waals surface area contributed by atoms with E-state index in [1.807, 2.05) is 0 Å². The molecule has 0 amide bonds. The van der Waals surface area contributed by atoms with E-state index >= 15 is 0 Å². The zero-order valence-corrected chi connectivity index (χ0v) is 9.02. The number of Topliss-reactive ketones (excluding diaryl/α,β-unsaturated/α-hetero) is 1. The molecule has 0 spiro atoms. The third kappa shape index (κ3) is 1.09. The van der Waals surface area contributed by atoms with Gasteiger partial charge in [-0.15, -0.1) is 13.2 Å². The Balaban J connectivity index is 0.000000396. The molecule has 0 N–H and O–H groups in total. The molecule has 2 atom stereocenters. The van der Waals surface area contributed by atoms with E-state index in [-0.39, 0.29) is 10.8 Å². The lowest BCUT2D eigenvalue weighted by molar-refractivity contribution is -0.128. The standard InChI is InChI=1S/C10H16O.C2H4/c1-9(2)7-4-5-10(9,3)8(11)6-7;1-2/h7H,4-6H2,1-3H3;1-2H2. The summed E-state index contributed by atoms with van der Waals surface area (Å²) in [5.74, 6) is 1.19. The zero-order valence-electron chi connectivity index (χ0n) is 9.02. The predicted octanol–water partition coefficient (Wildman–Crippen LogP) is 3.20. The van der Waals surface area contributed by atoms with Crippen LogP contribution in [0.2, 0.25) is 0 Å². The highest BCUT2D eigenvalue weighted by atomic mass is 16.1. The number of hydrogen-bond donors (Lipinski definition) is 0. The van der Waals surface area contributed by atoms with E-state index < -0.39 is 0 Å². The normalized spacial score (nSPS) is 39.9. The van der Waals surface area contributed by atoms with Gasteiger partial charge in [-0.25, -0.2) is 0 Å². The van der Waals surface area contributed by atoms with Crippen molar-refractivity contribution in [1.29, 1.82) is 0 Å². The molecule has 1 nitrogen and oxygen atoms in total. The van der Waals surface area contributed by atoms with Gasteiger partial charge in [-0.05, 0) is 24.2 Å². The summed E-state index contributed by atoms with van der Waals surface area (Å²) in [6, 6.07) is 0. The van der Waals surface area contributed by atoms with Crippen molar-refractivity contribution in [3.63, 3.8) is 0 Å². The second-order valence-corrected chi connectivity index (χ2v) is 4.92. The average Bonchev–Trinajstić information content (AvgIpc) is 2.41. The van der Waals surface area contributed by atoms with E-state index in [9.17, 15) is 4.79 Å². The van der Waals surface area contributed by atoms with Crippen molar-refractivity contribution in [2.24, 2.45) is 16.7 Å². The Hall–Kier alpha value is -0.590. The molecule has 2 aliphatic carbocycles. The largest absolute Gasteiger partial charge is 0.299 e. The first kappa shape index (κ1) is 10.5. The molecular weight excluding hydrogens is 160 g/mol. The van der Waals surface area contributed by atoms with Crippen molar-refractivity contribution < 1.29 is 4.79 Å². The number of hydrogen-bond acceptors (Lipinski definition) is 1. The first-order valence-electron chi connectivity index (χ1n) is 5.02. The highest BCUT2D eigenvalue weighted by molar-refractivity contribution is 5.89. The van der Waals surface area contributed by atoms with Gasteiger partial charge in [0.1, 0.15) is 5.78 Å². The van der Waals surface area contributed by atoms with E-state index in [2.05, 4.69) is 33.9 Å². The monoisotopic (exact) mass is 180 g/mol. The third-order valence-electron chi connectivity index (χ3n) is 4.48. The SMILES string of the molecule is C=C.CC12CCC(CC1=O)C2(C)C. The molecule has 2 rings (SSSR count). The maximum Gasteiger partial charge on any atom is 0.139 e. The minimum atomic E-state index is 0.0255. The molecule has 2 unspecified atom stereocenters. The average molecular weight is 180 g/mol. The molecule has 13 heavy (non-hydrogen) atoms. The Kier molecular flexibility index (Phi) is 2.40. The molecule has 0 aromatic carbocycles. The number of carbonyl (C=O) groups is 1. The molecule has 0 aromatic rings. The molecular formula is C12H20O. The smallest absolute Gasteiger partial charge is 0.139 e. The number of rotatable bonds is 0. The Bertz CT molecular complexity index is 229. The van der Waals surface area contributed by atoms with Crippen LogP contribution in [0.3, 0.4) is 0 Å². The Morgan fingerprint density at radius 2 is 1.85 bits per heavy atom. The van der Waals surface area contributed by atoms with Gasteiger partial charge in [0.15, 0.2) is 0 Å². The van der Waals surface area contributed by atoms with Crippen molar-refractivity contribution in [3.05, 3.63) is 13.2 Å². The first-order chi connectivity index (χ1) is 5.98. The summed E-state index contributed by atoms with van der Waals surface area (Å²) in [6.45, 7) is 12.7. The lowest BCUT2D eigenvalue weighted by Crippen LogP contribution is -2.32.